The van der Waals surface area contributed by atoms with Crippen molar-refractivity contribution in [1.82, 2.24) is 10.2 Å². The van der Waals surface area contributed by atoms with Crippen molar-refractivity contribution in [2.45, 2.75) is 51.2 Å². The van der Waals surface area contributed by atoms with Crippen LogP contribution in [0, 0.1) is 5.82 Å². The second-order valence-corrected chi connectivity index (χ2v) is 12.2. The molecule has 3 aromatic carbocycles. The Morgan fingerprint density at radius 1 is 0.976 bits per heavy atom. The van der Waals surface area contributed by atoms with E-state index in [2.05, 4.69) is 5.32 Å². The van der Waals surface area contributed by atoms with E-state index in [0.29, 0.717) is 22.9 Å². The summed E-state index contributed by atoms with van der Waals surface area (Å²) in [6.45, 7) is 6.61. The summed E-state index contributed by atoms with van der Waals surface area (Å²) in [5.41, 5.74) is 0.692. The van der Waals surface area contributed by atoms with Crippen LogP contribution in [0.3, 0.4) is 0 Å². The third-order valence-electron chi connectivity index (χ3n) is 6.07. The van der Waals surface area contributed by atoms with Crippen molar-refractivity contribution >= 4 is 50.7 Å². The van der Waals surface area contributed by atoms with Gasteiger partial charge in [0.25, 0.3) is 10.0 Å². The molecular weight excluding hydrogens is 592 g/mol. The van der Waals surface area contributed by atoms with Crippen molar-refractivity contribution in [3.8, 4) is 5.75 Å². The molecule has 0 saturated heterocycles. The van der Waals surface area contributed by atoms with Gasteiger partial charge in [-0.25, -0.2) is 12.8 Å². The smallest absolute Gasteiger partial charge is 0.264 e. The van der Waals surface area contributed by atoms with E-state index in [1.807, 2.05) is 6.92 Å². The Bertz CT molecular complexity index is 1470. The molecule has 0 aromatic heterocycles. The summed E-state index contributed by atoms with van der Waals surface area (Å²) in [7, 11) is -4.34. The first-order valence-corrected chi connectivity index (χ1v) is 15.1. The van der Waals surface area contributed by atoms with Crippen LogP contribution in [0.25, 0.3) is 0 Å². The molecule has 8 nitrogen and oxygen atoms in total. The highest BCUT2D eigenvalue weighted by atomic mass is 35.5. The Kier molecular flexibility index (Phi) is 11.0. The second kappa shape index (κ2) is 14.0. The molecule has 41 heavy (non-hydrogen) atoms. The molecule has 1 N–H and O–H groups in total. The molecule has 0 saturated carbocycles. The first kappa shape index (κ1) is 32.2. The first-order chi connectivity index (χ1) is 19.3. The molecule has 2 amide bonds. The lowest BCUT2D eigenvalue weighted by molar-refractivity contribution is -0.139. The van der Waals surface area contributed by atoms with E-state index in [1.54, 1.807) is 45.0 Å². The average Bonchev–Trinajstić information content (AvgIpc) is 2.91. The van der Waals surface area contributed by atoms with Gasteiger partial charge >= 0.3 is 0 Å². The van der Waals surface area contributed by atoms with Crippen molar-refractivity contribution < 1.29 is 27.1 Å². The topological polar surface area (TPSA) is 96.0 Å². The van der Waals surface area contributed by atoms with Gasteiger partial charge in [0, 0.05) is 22.6 Å². The monoisotopic (exact) mass is 623 g/mol. The van der Waals surface area contributed by atoms with Gasteiger partial charge in [0.15, 0.2) is 0 Å². The summed E-state index contributed by atoms with van der Waals surface area (Å²) in [5.74, 6) is -1.18. The first-order valence-electron chi connectivity index (χ1n) is 12.9. The highest BCUT2D eigenvalue weighted by Crippen LogP contribution is 2.28. The number of hydrogen-bond acceptors (Lipinski definition) is 5. The van der Waals surface area contributed by atoms with E-state index < -0.39 is 40.2 Å². The molecule has 3 aromatic rings. The van der Waals surface area contributed by atoms with Crippen LogP contribution >= 0.6 is 23.2 Å². The Morgan fingerprint density at radius 2 is 1.61 bits per heavy atom. The number of sulfonamides is 1. The average molecular weight is 625 g/mol. The summed E-state index contributed by atoms with van der Waals surface area (Å²) >= 11 is 12.4. The molecule has 0 fully saturated rings. The summed E-state index contributed by atoms with van der Waals surface area (Å²) in [6.07, 6.45) is 0. The molecule has 220 valence electrons. The highest BCUT2D eigenvalue weighted by molar-refractivity contribution is 7.92. The fourth-order valence-corrected chi connectivity index (χ4v) is 5.84. The van der Waals surface area contributed by atoms with Crippen LogP contribution in [-0.4, -0.2) is 50.4 Å². The SMILES string of the molecule is CCOc1ccc(N(CC(=O)N(Cc2ccc(Cl)cc2Cl)[C@H](C)C(=O)NC(C)C)S(=O)(=O)c2ccc(F)cc2)cc1. The third-order valence-corrected chi connectivity index (χ3v) is 8.45. The molecular formula is C29H32Cl2FN3O5S. The van der Waals surface area contributed by atoms with Gasteiger partial charge in [-0.2, -0.15) is 0 Å². The van der Waals surface area contributed by atoms with Crippen LogP contribution in [0.1, 0.15) is 33.3 Å². The van der Waals surface area contributed by atoms with Crippen LogP contribution in [0.4, 0.5) is 10.1 Å². The van der Waals surface area contributed by atoms with Crippen molar-refractivity contribution in [2.75, 3.05) is 17.5 Å². The molecule has 0 bridgehead atoms. The van der Waals surface area contributed by atoms with Crippen LogP contribution in [0.5, 0.6) is 5.75 Å². The van der Waals surface area contributed by atoms with E-state index >= 15 is 0 Å². The van der Waals surface area contributed by atoms with Gasteiger partial charge in [-0.05, 0) is 93.9 Å². The Morgan fingerprint density at radius 3 is 2.17 bits per heavy atom. The van der Waals surface area contributed by atoms with Gasteiger partial charge in [-0.3, -0.25) is 13.9 Å². The predicted octanol–water partition coefficient (Wildman–Crippen LogP) is 5.67. The van der Waals surface area contributed by atoms with Crippen molar-refractivity contribution in [1.29, 1.82) is 0 Å². The number of nitrogens with zero attached hydrogens (tertiary/aromatic N) is 2. The summed E-state index contributed by atoms with van der Waals surface area (Å²) in [4.78, 5) is 28.0. The maximum atomic E-state index is 13.9. The number of halogens is 3. The Labute approximate surface area is 250 Å². The molecule has 0 spiro atoms. The summed E-state index contributed by atoms with van der Waals surface area (Å²) < 4.78 is 47.6. The number of carbonyl (C=O) groups excluding carboxylic acids is 2. The summed E-state index contributed by atoms with van der Waals surface area (Å²) in [5, 5.41) is 3.47. The molecule has 1 atom stereocenters. The minimum absolute atomic E-state index is 0.0881. The molecule has 3 rings (SSSR count). The maximum Gasteiger partial charge on any atom is 0.264 e. The van der Waals surface area contributed by atoms with Gasteiger partial charge in [-0.15, -0.1) is 0 Å². The van der Waals surface area contributed by atoms with Crippen molar-refractivity contribution in [2.24, 2.45) is 0 Å². The van der Waals surface area contributed by atoms with Gasteiger partial charge < -0.3 is 15.0 Å². The molecule has 0 radical (unpaired) electrons. The molecule has 0 aliphatic heterocycles. The number of carbonyl (C=O) groups is 2. The molecule has 0 unspecified atom stereocenters. The largest absolute Gasteiger partial charge is 0.494 e. The lowest BCUT2D eigenvalue weighted by atomic mass is 10.1. The quantitative estimate of drug-likeness (QED) is 0.280. The number of ether oxygens (including phenoxy) is 1. The Hall–Kier alpha value is -3.34. The Balaban J connectivity index is 2.05. The van der Waals surface area contributed by atoms with E-state index in [4.69, 9.17) is 27.9 Å². The number of amides is 2. The van der Waals surface area contributed by atoms with E-state index in [9.17, 15) is 22.4 Å². The third kappa shape index (κ3) is 8.34. The lowest BCUT2D eigenvalue weighted by Gasteiger charge is -2.32. The van der Waals surface area contributed by atoms with E-state index in [-0.39, 0.29) is 28.2 Å². The second-order valence-electron chi connectivity index (χ2n) is 9.49. The zero-order valence-corrected chi connectivity index (χ0v) is 25.4. The normalized spacial score (nSPS) is 12.1. The van der Waals surface area contributed by atoms with Crippen molar-refractivity contribution in [3.63, 3.8) is 0 Å². The van der Waals surface area contributed by atoms with Crippen LogP contribution in [0.2, 0.25) is 10.0 Å². The molecule has 12 heteroatoms. The number of benzene rings is 3. The van der Waals surface area contributed by atoms with Crippen molar-refractivity contribution in [3.05, 3.63) is 88.2 Å². The lowest BCUT2D eigenvalue weighted by Crippen LogP contribution is -2.52. The van der Waals surface area contributed by atoms with Crippen LogP contribution in [-0.2, 0) is 26.2 Å². The van der Waals surface area contributed by atoms with E-state index in [1.165, 1.54) is 23.1 Å². The standard InChI is InChI=1S/C29H32Cl2FN3O5S/c1-5-40-25-12-10-24(11-13-25)35(41(38,39)26-14-8-23(32)9-15-26)18-28(36)34(20(4)29(37)33-19(2)3)17-21-6-7-22(30)16-27(21)31/h6-16,19-20H,5,17-18H2,1-4H3,(H,33,37)/t20-/m1/s1. The zero-order chi connectivity index (χ0) is 30.3. The van der Waals surface area contributed by atoms with Gasteiger partial charge in [-0.1, -0.05) is 29.3 Å². The van der Waals surface area contributed by atoms with Crippen LogP contribution < -0.4 is 14.4 Å². The molecule has 0 aliphatic carbocycles. The highest BCUT2D eigenvalue weighted by Gasteiger charge is 2.33. The minimum atomic E-state index is -4.34. The maximum absolute atomic E-state index is 13.9. The number of rotatable bonds is 12. The fourth-order valence-electron chi connectivity index (χ4n) is 3.96. The minimum Gasteiger partial charge on any atom is -0.494 e. The van der Waals surface area contributed by atoms with Gasteiger partial charge in [0.05, 0.1) is 17.2 Å². The molecule has 0 aliphatic rings. The predicted molar refractivity (Wildman–Crippen MR) is 158 cm³/mol. The summed E-state index contributed by atoms with van der Waals surface area (Å²) in [6, 6.07) is 14.1. The zero-order valence-electron chi connectivity index (χ0n) is 23.1. The number of nitrogens with one attached hydrogen (secondary N) is 1. The van der Waals surface area contributed by atoms with Gasteiger partial charge in [0.1, 0.15) is 24.2 Å². The van der Waals surface area contributed by atoms with Crippen LogP contribution in [0.15, 0.2) is 71.6 Å². The molecule has 0 heterocycles. The number of hydrogen-bond donors (Lipinski definition) is 1. The fraction of sp³-hybridized carbons (Fsp3) is 0.310. The van der Waals surface area contributed by atoms with E-state index in [0.717, 1.165) is 28.6 Å². The van der Waals surface area contributed by atoms with Gasteiger partial charge in [0.2, 0.25) is 11.8 Å². The number of anilines is 1.